The third-order valence-corrected chi connectivity index (χ3v) is 1.89. The lowest BCUT2D eigenvalue weighted by Crippen LogP contribution is -2.32. The number of rotatable bonds is 4. The van der Waals surface area contributed by atoms with Crippen molar-refractivity contribution >= 4 is 5.78 Å². The van der Waals surface area contributed by atoms with Crippen molar-refractivity contribution < 1.29 is 4.79 Å². The number of aromatic nitrogens is 3. The molecule has 0 bridgehead atoms. The largest absolute Gasteiger partial charge is 0.321 e. The second-order valence-corrected chi connectivity index (χ2v) is 2.96. The van der Waals surface area contributed by atoms with E-state index in [1.807, 2.05) is 0 Å². The minimum Gasteiger partial charge on any atom is -0.321 e. The summed E-state index contributed by atoms with van der Waals surface area (Å²) >= 11 is 0. The maximum Gasteiger partial charge on any atom is 0.158 e. The second-order valence-electron chi connectivity index (χ2n) is 2.96. The topological polar surface area (TPSA) is 73.8 Å². The van der Waals surface area contributed by atoms with Gasteiger partial charge in [0.25, 0.3) is 0 Å². The number of Topliss-reactive ketones (excluding diaryl/α,β-unsaturated/α-hetero) is 1. The second kappa shape index (κ2) is 4.53. The van der Waals surface area contributed by atoms with Crippen LogP contribution in [0.2, 0.25) is 0 Å². The van der Waals surface area contributed by atoms with Crippen LogP contribution in [0.1, 0.15) is 12.2 Å². The van der Waals surface area contributed by atoms with E-state index in [9.17, 15) is 4.79 Å². The first kappa shape index (κ1) is 10.4. The molecule has 0 saturated heterocycles. The van der Waals surface area contributed by atoms with E-state index in [-0.39, 0.29) is 18.6 Å². The minimum absolute atomic E-state index is 0.112. The van der Waals surface area contributed by atoms with E-state index in [0.717, 1.165) is 0 Å². The summed E-state index contributed by atoms with van der Waals surface area (Å²) < 4.78 is 1.54. The SMILES string of the molecule is C#CCC(N)C(=O)Cc1ncnn1C. The summed E-state index contributed by atoms with van der Waals surface area (Å²) in [5.41, 5.74) is 5.54. The third-order valence-electron chi connectivity index (χ3n) is 1.89. The number of nitrogens with two attached hydrogens (primary N) is 1. The average Bonchev–Trinajstić information content (AvgIpc) is 2.52. The molecule has 0 aliphatic rings. The summed E-state index contributed by atoms with van der Waals surface area (Å²) in [6.45, 7) is 0. The van der Waals surface area contributed by atoms with Gasteiger partial charge in [-0.05, 0) is 0 Å². The lowest BCUT2D eigenvalue weighted by atomic mass is 10.1. The highest BCUT2D eigenvalue weighted by Crippen LogP contribution is 1.98. The number of hydrogen-bond donors (Lipinski definition) is 1. The van der Waals surface area contributed by atoms with Crippen molar-refractivity contribution in [3.8, 4) is 12.3 Å². The Morgan fingerprint density at radius 1 is 1.86 bits per heavy atom. The molecule has 1 aromatic heterocycles. The van der Waals surface area contributed by atoms with Crippen molar-refractivity contribution in [2.24, 2.45) is 12.8 Å². The molecule has 0 amide bonds. The Balaban J connectivity index is 2.58. The number of terminal acetylenes is 1. The molecular weight excluding hydrogens is 180 g/mol. The molecule has 0 saturated carbocycles. The monoisotopic (exact) mass is 192 g/mol. The van der Waals surface area contributed by atoms with Crippen LogP contribution in [0.15, 0.2) is 6.33 Å². The van der Waals surface area contributed by atoms with Crippen molar-refractivity contribution in [3.05, 3.63) is 12.2 Å². The Labute approximate surface area is 82.3 Å². The average molecular weight is 192 g/mol. The molecule has 14 heavy (non-hydrogen) atoms. The van der Waals surface area contributed by atoms with Crippen molar-refractivity contribution in [2.45, 2.75) is 18.9 Å². The molecule has 1 aromatic rings. The summed E-state index contributed by atoms with van der Waals surface area (Å²) in [4.78, 5) is 15.4. The van der Waals surface area contributed by atoms with Crippen LogP contribution in [0.5, 0.6) is 0 Å². The lowest BCUT2D eigenvalue weighted by Gasteiger charge is -2.05. The van der Waals surface area contributed by atoms with Gasteiger partial charge in [-0.15, -0.1) is 12.3 Å². The number of ketones is 1. The first-order valence-electron chi connectivity index (χ1n) is 4.19. The minimum atomic E-state index is -0.600. The smallest absolute Gasteiger partial charge is 0.158 e. The fraction of sp³-hybridized carbons (Fsp3) is 0.444. The van der Waals surface area contributed by atoms with Gasteiger partial charge in [0.15, 0.2) is 5.78 Å². The summed E-state index contributed by atoms with van der Waals surface area (Å²) in [5.74, 6) is 2.84. The summed E-state index contributed by atoms with van der Waals surface area (Å²) in [5, 5.41) is 3.85. The van der Waals surface area contributed by atoms with Gasteiger partial charge in [-0.25, -0.2) is 4.98 Å². The maximum atomic E-state index is 11.5. The number of carbonyl (C=O) groups excluding carboxylic acids is 1. The summed E-state index contributed by atoms with van der Waals surface area (Å²) in [6, 6.07) is -0.600. The number of carbonyl (C=O) groups is 1. The molecule has 0 fully saturated rings. The molecule has 0 aliphatic carbocycles. The number of nitrogens with zero attached hydrogens (tertiary/aromatic N) is 3. The van der Waals surface area contributed by atoms with Crippen molar-refractivity contribution in [1.82, 2.24) is 14.8 Å². The zero-order chi connectivity index (χ0) is 10.6. The highest BCUT2D eigenvalue weighted by Gasteiger charge is 2.15. The van der Waals surface area contributed by atoms with Crippen LogP contribution < -0.4 is 5.73 Å². The highest BCUT2D eigenvalue weighted by atomic mass is 16.1. The van der Waals surface area contributed by atoms with Gasteiger partial charge in [0.05, 0.1) is 12.5 Å². The molecule has 0 aliphatic heterocycles. The van der Waals surface area contributed by atoms with E-state index in [1.165, 1.54) is 6.33 Å². The van der Waals surface area contributed by atoms with Crippen molar-refractivity contribution in [1.29, 1.82) is 0 Å². The van der Waals surface area contributed by atoms with Gasteiger partial charge in [-0.3, -0.25) is 9.48 Å². The Kier molecular flexibility index (Phi) is 3.37. The predicted octanol–water partition coefficient (Wildman–Crippen LogP) is -0.723. The Morgan fingerprint density at radius 3 is 3.07 bits per heavy atom. The first-order chi connectivity index (χ1) is 6.65. The first-order valence-corrected chi connectivity index (χ1v) is 4.19. The van der Waals surface area contributed by atoms with Crippen molar-refractivity contribution in [2.75, 3.05) is 0 Å². The fourth-order valence-electron chi connectivity index (χ4n) is 1.01. The molecule has 2 N–H and O–H groups in total. The normalized spacial score (nSPS) is 12.1. The standard InChI is InChI=1S/C9H12N4O/c1-3-4-7(10)8(14)5-9-11-6-12-13(9)2/h1,6-7H,4-5,10H2,2H3. The predicted molar refractivity (Wildman–Crippen MR) is 51.1 cm³/mol. The van der Waals surface area contributed by atoms with Gasteiger partial charge >= 0.3 is 0 Å². The summed E-state index contributed by atoms with van der Waals surface area (Å²) in [7, 11) is 1.72. The van der Waals surface area contributed by atoms with E-state index < -0.39 is 6.04 Å². The van der Waals surface area contributed by atoms with E-state index in [0.29, 0.717) is 5.82 Å². The zero-order valence-corrected chi connectivity index (χ0v) is 7.97. The molecule has 0 spiro atoms. The van der Waals surface area contributed by atoms with Gasteiger partial charge in [-0.1, -0.05) is 0 Å². The Bertz CT molecular complexity index is 363. The maximum absolute atomic E-state index is 11.5. The van der Waals surface area contributed by atoms with Gasteiger partial charge in [0, 0.05) is 13.5 Å². The Morgan fingerprint density at radius 2 is 2.57 bits per heavy atom. The van der Waals surface area contributed by atoms with Crippen LogP contribution in [0.4, 0.5) is 0 Å². The van der Waals surface area contributed by atoms with E-state index in [1.54, 1.807) is 11.7 Å². The van der Waals surface area contributed by atoms with Crippen LogP contribution in [0, 0.1) is 12.3 Å². The molecule has 5 heteroatoms. The molecule has 5 nitrogen and oxygen atoms in total. The molecule has 74 valence electrons. The fourth-order valence-corrected chi connectivity index (χ4v) is 1.01. The summed E-state index contributed by atoms with van der Waals surface area (Å²) in [6.07, 6.45) is 6.89. The highest BCUT2D eigenvalue weighted by molar-refractivity contribution is 5.85. The molecule has 1 rings (SSSR count). The van der Waals surface area contributed by atoms with E-state index in [2.05, 4.69) is 16.0 Å². The van der Waals surface area contributed by atoms with Gasteiger partial charge < -0.3 is 5.73 Å². The number of aryl methyl sites for hydroxylation is 1. The third kappa shape index (κ3) is 2.41. The molecule has 0 radical (unpaired) electrons. The van der Waals surface area contributed by atoms with E-state index >= 15 is 0 Å². The zero-order valence-electron chi connectivity index (χ0n) is 7.97. The quantitative estimate of drug-likeness (QED) is 0.639. The van der Waals surface area contributed by atoms with Crippen LogP contribution in [0.3, 0.4) is 0 Å². The Hall–Kier alpha value is -1.67. The van der Waals surface area contributed by atoms with Gasteiger partial charge in [-0.2, -0.15) is 5.10 Å². The lowest BCUT2D eigenvalue weighted by molar-refractivity contribution is -0.119. The van der Waals surface area contributed by atoms with Crippen LogP contribution >= 0.6 is 0 Å². The van der Waals surface area contributed by atoms with Gasteiger partial charge in [0.1, 0.15) is 12.2 Å². The van der Waals surface area contributed by atoms with E-state index in [4.69, 9.17) is 12.2 Å². The number of hydrogen-bond acceptors (Lipinski definition) is 4. The molecule has 0 aromatic carbocycles. The van der Waals surface area contributed by atoms with Crippen LogP contribution in [-0.2, 0) is 18.3 Å². The molecule has 1 heterocycles. The van der Waals surface area contributed by atoms with Crippen LogP contribution in [0.25, 0.3) is 0 Å². The molecule has 1 unspecified atom stereocenters. The molecular formula is C9H12N4O. The van der Waals surface area contributed by atoms with Gasteiger partial charge in [0.2, 0.25) is 0 Å². The van der Waals surface area contributed by atoms with Crippen LogP contribution in [-0.4, -0.2) is 26.6 Å². The van der Waals surface area contributed by atoms with Crippen molar-refractivity contribution in [3.63, 3.8) is 0 Å². The molecule has 1 atom stereocenters.